The number of thioether (sulfide) groups is 1. The molecule has 0 heterocycles. The maximum atomic E-state index is 6.10. The van der Waals surface area contributed by atoms with Crippen LogP contribution >= 0.6 is 11.8 Å². The van der Waals surface area contributed by atoms with E-state index in [0.29, 0.717) is 5.25 Å². The summed E-state index contributed by atoms with van der Waals surface area (Å²) in [5.74, 6) is 0. The molecule has 2 heteroatoms. The maximum absolute atomic E-state index is 6.10. The van der Waals surface area contributed by atoms with Gasteiger partial charge in [0.05, 0.1) is 0 Å². The van der Waals surface area contributed by atoms with Gasteiger partial charge in [0.1, 0.15) is 0 Å². The average Bonchev–Trinajstić information content (AvgIpc) is 2.38. The first kappa shape index (κ1) is 12.2. The molecule has 0 bridgehead atoms. The Kier molecular flexibility index (Phi) is 4.24. The second-order valence-electron chi connectivity index (χ2n) is 4.12. The minimum atomic E-state index is 0.127. The zero-order valence-electron chi connectivity index (χ0n) is 9.91. The van der Waals surface area contributed by atoms with Crippen LogP contribution in [0.15, 0.2) is 65.6 Å². The van der Waals surface area contributed by atoms with E-state index in [1.165, 1.54) is 10.5 Å². The largest absolute Gasteiger partial charge is 0.327 e. The molecule has 0 fully saturated rings. The van der Waals surface area contributed by atoms with Gasteiger partial charge in [0.2, 0.25) is 0 Å². The van der Waals surface area contributed by atoms with Crippen molar-refractivity contribution in [3.63, 3.8) is 0 Å². The summed E-state index contributed by atoms with van der Waals surface area (Å²) < 4.78 is 0. The number of benzene rings is 2. The molecular weight excluding hydrogens is 226 g/mol. The summed E-state index contributed by atoms with van der Waals surface area (Å²) >= 11 is 1.82. The lowest BCUT2D eigenvalue weighted by molar-refractivity contribution is 0.721. The van der Waals surface area contributed by atoms with Crippen LogP contribution in [0.3, 0.4) is 0 Å². The Bertz CT molecular complexity index is 439. The summed E-state index contributed by atoms with van der Waals surface area (Å²) in [5, 5.41) is 0.304. The fraction of sp³-hybridized carbons (Fsp3) is 0.200. The van der Waals surface area contributed by atoms with E-state index in [1.807, 2.05) is 23.9 Å². The lowest BCUT2D eigenvalue weighted by Crippen LogP contribution is -2.22. The Morgan fingerprint density at radius 2 is 1.41 bits per heavy atom. The van der Waals surface area contributed by atoms with E-state index in [9.17, 15) is 0 Å². The normalized spacial score (nSPS) is 14.2. The summed E-state index contributed by atoms with van der Waals surface area (Å²) in [6, 6.07) is 21.0. The second kappa shape index (κ2) is 5.89. The Hall–Kier alpha value is -1.25. The van der Waals surface area contributed by atoms with Crippen molar-refractivity contribution in [2.24, 2.45) is 5.73 Å². The fourth-order valence-corrected chi connectivity index (χ4v) is 2.88. The third-order valence-corrected chi connectivity index (χ3v) is 4.11. The van der Waals surface area contributed by atoms with Crippen LogP contribution in [-0.2, 0) is 0 Å². The topological polar surface area (TPSA) is 26.0 Å². The average molecular weight is 243 g/mol. The minimum Gasteiger partial charge on any atom is -0.327 e. The first-order valence-corrected chi connectivity index (χ1v) is 6.67. The molecule has 17 heavy (non-hydrogen) atoms. The molecule has 2 atom stereocenters. The maximum Gasteiger partial charge on any atom is 0.0492 e. The van der Waals surface area contributed by atoms with Crippen molar-refractivity contribution in [2.75, 3.05) is 0 Å². The lowest BCUT2D eigenvalue weighted by Gasteiger charge is -2.20. The summed E-state index contributed by atoms with van der Waals surface area (Å²) in [4.78, 5) is 1.26. The van der Waals surface area contributed by atoms with Crippen molar-refractivity contribution in [3.8, 4) is 0 Å². The number of nitrogens with two attached hydrogens (primary N) is 1. The third kappa shape index (κ3) is 3.35. The van der Waals surface area contributed by atoms with Crippen molar-refractivity contribution < 1.29 is 0 Å². The van der Waals surface area contributed by atoms with Crippen LogP contribution in [-0.4, -0.2) is 6.04 Å². The van der Waals surface area contributed by atoms with Crippen LogP contribution in [0, 0.1) is 0 Å². The molecule has 88 valence electrons. The van der Waals surface area contributed by atoms with Gasteiger partial charge in [0.25, 0.3) is 0 Å². The molecule has 1 nitrogen and oxygen atoms in total. The van der Waals surface area contributed by atoms with Crippen LogP contribution in [0.1, 0.15) is 17.7 Å². The first-order chi connectivity index (χ1) is 8.27. The summed E-state index contributed by atoms with van der Waals surface area (Å²) in [5.41, 5.74) is 7.38. The molecule has 0 radical (unpaired) electrons. The molecule has 0 saturated heterocycles. The number of rotatable bonds is 4. The SMILES string of the molecule is CC(N)C(Sc1ccccc1)c1ccccc1. The van der Waals surface area contributed by atoms with Gasteiger partial charge in [-0.3, -0.25) is 0 Å². The zero-order valence-corrected chi connectivity index (χ0v) is 10.7. The predicted molar refractivity (Wildman–Crippen MR) is 75.1 cm³/mol. The van der Waals surface area contributed by atoms with Gasteiger partial charge >= 0.3 is 0 Å². The van der Waals surface area contributed by atoms with E-state index < -0.39 is 0 Å². The van der Waals surface area contributed by atoms with Gasteiger partial charge in [-0.2, -0.15) is 0 Å². The van der Waals surface area contributed by atoms with Crippen molar-refractivity contribution in [1.29, 1.82) is 0 Å². The number of hydrogen-bond acceptors (Lipinski definition) is 2. The summed E-state index contributed by atoms with van der Waals surface area (Å²) in [6.07, 6.45) is 0. The van der Waals surface area contributed by atoms with Gasteiger partial charge in [0.15, 0.2) is 0 Å². The molecule has 0 aromatic heterocycles. The highest BCUT2D eigenvalue weighted by atomic mass is 32.2. The molecule has 0 spiro atoms. The molecule has 2 aromatic rings. The van der Waals surface area contributed by atoms with Crippen LogP contribution in [0.2, 0.25) is 0 Å². The van der Waals surface area contributed by atoms with Crippen molar-refractivity contribution in [1.82, 2.24) is 0 Å². The molecule has 2 aromatic carbocycles. The highest BCUT2D eigenvalue weighted by molar-refractivity contribution is 7.99. The predicted octanol–water partition coefficient (Wildman–Crippen LogP) is 3.87. The molecule has 2 unspecified atom stereocenters. The Labute approximate surface area is 107 Å². The smallest absolute Gasteiger partial charge is 0.0492 e. The monoisotopic (exact) mass is 243 g/mol. The van der Waals surface area contributed by atoms with Crippen molar-refractivity contribution >= 4 is 11.8 Å². The van der Waals surface area contributed by atoms with Crippen LogP contribution in [0.4, 0.5) is 0 Å². The van der Waals surface area contributed by atoms with E-state index in [4.69, 9.17) is 5.73 Å². The Morgan fingerprint density at radius 3 is 1.94 bits per heavy atom. The van der Waals surface area contributed by atoms with Crippen LogP contribution in [0.25, 0.3) is 0 Å². The van der Waals surface area contributed by atoms with Crippen molar-refractivity contribution in [2.45, 2.75) is 23.1 Å². The van der Waals surface area contributed by atoms with E-state index in [2.05, 4.69) is 55.5 Å². The van der Waals surface area contributed by atoms with Crippen LogP contribution < -0.4 is 5.73 Å². The van der Waals surface area contributed by atoms with Gasteiger partial charge in [-0.25, -0.2) is 0 Å². The third-order valence-electron chi connectivity index (χ3n) is 2.61. The fourth-order valence-electron chi connectivity index (χ4n) is 1.77. The molecule has 0 aliphatic carbocycles. The van der Waals surface area contributed by atoms with E-state index in [1.54, 1.807) is 0 Å². The van der Waals surface area contributed by atoms with E-state index in [-0.39, 0.29) is 6.04 Å². The standard InChI is InChI=1S/C15H17NS/c1-12(16)15(13-8-4-2-5-9-13)17-14-10-6-3-7-11-14/h2-12,15H,16H2,1H3. The molecular formula is C15H17NS. The quantitative estimate of drug-likeness (QED) is 0.825. The summed E-state index contributed by atoms with van der Waals surface area (Å²) in [7, 11) is 0. The molecule has 0 aliphatic rings. The van der Waals surface area contributed by atoms with Gasteiger partial charge in [-0.1, -0.05) is 48.5 Å². The lowest BCUT2D eigenvalue weighted by atomic mass is 10.1. The highest BCUT2D eigenvalue weighted by Crippen LogP contribution is 2.36. The van der Waals surface area contributed by atoms with Crippen LogP contribution in [0.5, 0.6) is 0 Å². The molecule has 2 N–H and O–H groups in total. The molecule has 0 aliphatic heterocycles. The minimum absolute atomic E-state index is 0.127. The summed E-state index contributed by atoms with van der Waals surface area (Å²) in [6.45, 7) is 2.06. The molecule has 2 rings (SSSR count). The van der Waals surface area contributed by atoms with Gasteiger partial charge in [-0.15, -0.1) is 11.8 Å². The van der Waals surface area contributed by atoms with E-state index in [0.717, 1.165) is 0 Å². The molecule has 0 saturated carbocycles. The molecule has 0 amide bonds. The van der Waals surface area contributed by atoms with Gasteiger partial charge < -0.3 is 5.73 Å². The van der Waals surface area contributed by atoms with Gasteiger partial charge in [0, 0.05) is 16.2 Å². The number of hydrogen-bond donors (Lipinski definition) is 1. The van der Waals surface area contributed by atoms with Crippen molar-refractivity contribution in [3.05, 3.63) is 66.2 Å². The zero-order chi connectivity index (χ0) is 12.1. The first-order valence-electron chi connectivity index (χ1n) is 5.79. The second-order valence-corrected chi connectivity index (χ2v) is 5.34. The van der Waals surface area contributed by atoms with Gasteiger partial charge in [-0.05, 0) is 24.6 Å². The Balaban J connectivity index is 2.20. The highest BCUT2D eigenvalue weighted by Gasteiger charge is 2.17. The van der Waals surface area contributed by atoms with E-state index >= 15 is 0 Å². The Morgan fingerprint density at radius 1 is 0.882 bits per heavy atom.